The van der Waals surface area contributed by atoms with Gasteiger partial charge in [-0.05, 0) is 48.6 Å². The van der Waals surface area contributed by atoms with E-state index in [1.165, 1.54) is 6.08 Å². The minimum Gasteiger partial charge on any atom is -0.494 e. The molecule has 2 aromatic carbocycles. The van der Waals surface area contributed by atoms with Crippen LogP contribution in [0.25, 0.3) is 6.08 Å². The molecule has 0 aliphatic carbocycles. The summed E-state index contributed by atoms with van der Waals surface area (Å²) >= 11 is 0. The second-order valence-corrected chi connectivity index (χ2v) is 9.80. The van der Waals surface area contributed by atoms with Gasteiger partial charge in [0.1, 0.15) is 5.75 Å². The lowest BCUT2D eigenvalue weighted by atomic mass is 10.1. The third-order valence-corrected chi connectivity index (χ3v) is 6.94. The second kappa shape index (κ2) is 10.4. The molecule has 1 atom stereocenters. The molecule has 6 heteroatoms. The van der Waals surface area contributed by atoms with Crippen molar-refractivity contribution in [2.24, 2.45) is 0 Å². The van der Waals surface area contributed by atoms with E-state index in [0.717, 1.165) is 23.3 Å². The molecule has 1 saturated heterocycles. The highest BCUT2D eigenvalue weighted by Crippen LogP contribution is 2.20. The van der Waals surface area contributed by atoms with Gasteiger partial charge in [0.15, 0.2) is 9.84 Å². The Hall–Kier alpha value is -2.60. The fourth-order valence-electron chi connectivity index (χ4n) is 3.55. The highest BCUT2D eigenvalue weighted by Gasteiger charge is 2.33. The molecule has 0 radical (unpaired) electrons. The number of ether oxygens (including phenoxy) is 1. The summed E-state index contributed by atoms with van der Waals surface area (Å²) < 4.78 is 29.5. The van der Waals surface area contributed by atoms with Crippen molar-refractivity contribution in [2.75, 3.05) is 24.7 Å². The maximum absolute atomic E-state index is 13.0. The monoisotopic (exact) mass is 427 g/mol. The number of rotatable bonds is 9. The van der Waals surface area contributed by atoms with Crippen molar-refractivity contribution in [1.29, 1.82) is 0 Å². The number of benzene rings is 2. The first kappa shape index (κ1) is 22.1. The van der Waals surface area contributed by atoms with Gasteiger partial charge < -0.3 is 9.64 Å². The molecule has 0 saturated carbocycles. The smallest absolute Gasteiger partial charge is 0.246 e. The Bertz CT molecular complexity index is 952. The summed E-state index contributed by atoms with van der Waals surface area (Å²) in [6.45, 7) is 3.23. The van der Waals surface area contributed by atoms with E-state index in [1.807, 2.05) is 54.6 Å². The van der Waals surface area contributed by atoms with Gasteiger partial charge >= 0.3 is 0 Å². The molecule has 1 aliphatic rings. The van der Waals surface area contributed by atoms with E-state index in [1.54, 1.807) is 11.0 Å². The van der Waals surface area contributed by atoms with Crippen LogP contribution in [0.5, 0.6) is 5.75 Å². The van der Waals surface area contributed by atoms with Crippen LogP contribution in [0.4, 0.5) is 0 Å². The topological polar surface area (TPSA) is 63.7 Å². The van der Waals surface area contributed by atoms with Gasteiger partial charge in [0, 0.05) is 18.7 Å². The molecule has 0 spiro atoms. The maximum atomic E-state index is 13.0. The predicted octanol–water partition coefficient (Wildman–Crippen LogP) is 3.75. The van der Waals surface area contributed by atoms with Crippen LogP contribution in [-0.4, -0.2) is 49.9 Å². The van der Waals surface area contributed by atoms with E-state index in [4.69, 9.17) is 4.74 Å². The van der Waals surface area contributed by atoms with Gasteiger partial charge in [-0.3, -0.25) is 4.79 Å². The molecule has 1 aliphatic heterocycles. The summed E-state index contributed by atoms with van der Waals surface area (Å²) in [4.78, 5) is 14.7. The first-order valence-corrected chi connectivity index (χ1v) is 12.2. The number of carbonyl (C=O) groups excluding carboxylic acids is 1. The normalized spacial score (nSPS) is 17.8. The molecule has 30 heavy (non-hydrogen) atoms. The van der Waals surface area contributed by atoms with Crippen LogP contribution in [0.1, 0.15) is 30.9 Å². The van der Waals surface area contributed by atoms with E-state index in [2.05, 4.69) is 6.92 Å². The van der Waals surface area contributed by atoms with Gasteiger partial charge in [0.05, 0.1) is 18.1 Å². The summed E-state index contributed by atoms with van der Waals surface area (Å²) in [5, 5.41) is 0. The molecule has 3 rings (SSSR count). The third-order valence-electron chi connectivity index (χ3n) is 5.19. The van der Waals surface area contributed by atoms with Crippen LogP contribution in [-0.2, 0) is 21.1 Å². The molecular weight excluding hydrogens is 398 g/mol. The summed E-state index contributed by atoms with van der Waals surface area (Å²) in [6, 6.07) is 17.2. The van der Waals surface area contributed by atoms with Gasteiger partial charge in [-0.1, -0.05) is 49.4 Å². The van der Waals surface area contributed by atoms with Gasteiger partial charge in [0.2, 0.25) is 5.91 Å². The average molecular weight is 428 g/mol. The maximum Gasteiger partial charge on any atom is 0.246 e. The number of sulfone groups is 1. The van der Waals surface area contributed by atoms with Crippen LogP contribution < -0.4 is 4.74 Å². The fraction of sp³-hybridized carbons (Fsp3) is 0.375. The number of carbonyl (C=O) groups is 1. The number of hydrogen-bond acceptors (Lipinski definition) is 4. The Morgan fingerprint density at radius 1 is 1.13 bits per heavy atom. The van der Waals surface area contributed by atoms with Gasteiger partial charge in [-0.15, -0.1) is 0 Å². The fourth-order valence-corrected chi connectivity index (χ4v) is 5.28. The van der Waals surface area contributed by atoms with Crippen molar-refractivity contribution in [2.45, 2.75) is 32.2 Å². The Morgan fingerprint density at radius 3 is 2.50 bits per heavy atom. The van der Waals surface area contributed by atoms with Crippen LogP contribution in [0.3, 0.4) is 0 Å². The van der Waals surface area contributed by atoms with Crippen LogP contribution in [0.15, 0.2) is 60.7 Å². The van der Waals surface area contributed by atoms with Crippen molar-refractivity contribution in [3.63, 3.8) is 0 Å². The first-order valence-electron chi connectivity index (χ1n) is 10.4. The number of hydrogen-bond donors (Lipinski definition) is 0. The van der Waals surface area contributed by atoms with E-state index in [-0.39, 0.29) is 23.5 Å². The zero-order chi connectivity index (χ0) is 21.4. The minimum atomic E-state index is -3.07. The lowest BCUT2D eigenvalue weighted by Crippen LogP contribution is -2.41. The highest BCUT2D eigenvalue weighted by atomic mass is 32.2. The van der Waals surface area contributed by atoms with E-state index < -0.39 is 9.84 Å². The summed E-state index contributed by atoms with van der Waals surface area (Å²) in [7, 11) is -3.07. The number of amides is 1. The molecule has 1 heterocycles. The standard InChI is InChI=1S/C24H29NO4S/c1-2-17-29-23-11-8-21(9-12-23)10-13-24(26)25(22-15-18-30(27,28)19-22)16-14-20-6-4-3-5-7-20/h3-13,22H,2,14-19H2,1H3/b13-10+/t22-/m0/s1. The molecule has 2 aromatic rings. The first-order chi connectivity index (χ1) is 14.5. The lowest BCUT2D eigenvalue weighted by Gasteiger charge is -2.27. The van der Waals surface area contributed by atoms with E-state index >= 15 is 0 Å². The quantitative estimate of drug-likeness (QED) is 0.572. The lowest BCUT2D eigenvalue weighted by molar-refractivity contribution is -0.127. The molecule has 0 bridgehead atoms. The van der Waals surface area contributed by atoms with Gasteiger partial charge in [-0.2, -0.15) is 0 Å². The van der Waals surface area contributed by atoms with Crippen molar-refractivity contribution in [3.05, 3.63) is 71.8 Å². The molecule has 5 nitrogen and oxygen atoms in total. The minimum absolute atomic E-state index is 0.0465. The van der Waals surface area contributed by atoms with Crippen molar-refractivity contribution in [1.82, 2.24) is 4.90 Å². The summed E-state index contributed by atoms with van der Waals surface area (Å²) in [5.74, 6) is 0.848. The Morgan fingerprint density at radius 2 is 1.87 bits per heavy atom. The summed E-state index contributed by atoms with van der Waals surface area (Å²) in [5.41, 5.74) is 2.03. The Balaban J connectivity index is 1.68. The van der Waals surface area contributed by atoms with Crippen molar-refractivity contribution in [3.8, 4) is 5.75 Å². The third kappa shape index (κ3) is 6.46. The number of nitrogens with zero attached hydrogens (tertiary/aromatic N) is 1. The molecule has 160 valence electrons. The Labute approximate surface area is 179 Å². The zero-order valence-electron chi connectivity index (χ0n) is 17.4. The SMILES string of the molecule is CCCOc1ccc(/C=C/C(=O)N(CCc2ccccc2)[C@H]2CCS(=O)(=O)C2)cc1. The highest BCUT2D eigenvalue weighted by molar-refractivity contribution is 7.91. The predicted molar refractivity (Wildman–Crippen MR) is 120 cm³/mol. The summed E-state index contributed by atoms with van der Waals surface area (Å²) in [6.07, 6.45) is 5.45. The molecule has 0 aromatic heterocycles. The molecular formula is C24H29NO4S. The second-order valence-electron chi connectivity index (χ2n) is 7.57. The van der Waals surface area contributed by atoms with E-state index in [0.29, 0.717) is 26.0 Å². The van der Waals surface area contributed by atoms with Gasteiger partial charge in [-0.25, -0.2) is 8.42 Å². The Kier molecular flexibility index (Phi) is 7.69. The van der Waals surface area contributed by atoms with Crippen LogP contribution in [0.2, 0.25) is 0 Å². The molecule has 0 N–H and O–H groups in total. The van der Waals surface area contributed by atoms with Gasteiger partial charge in [0.25, 0.3) is 0 Å². The zero-order valence-corrected chi connectivity index (χ0v) is 18.2. The van der Waals surface area contributed by atoms with Crippen LogP contribution >= 0.6 is 0 Å². The molecule has 1 amide bonds. The van der Waals surface area contributed by atoms with Crippen LogP contribution in [0, 0.1) is 0 Å². The largest absolute Gasteiger partial charge is 0.494 e. The van der Waals surface area contributed by atoms with Crippen molar-refractivity contribution < 1.29 is 17.9 Å². The molecule has 0 unspecified atom stereocenters. The molecule has 1 fully saturated rings. The average Bonchev–Trinajstić information content (AvgIpc) is 3.11. The van der Waals surface area contributed by atoms with E-state index in [9.17, 15) is 13.2 Å². The van der Waals surface area contributed by atoms with Crippen molar-refractivity contribution >= 4 is 21.8 Å².